The highest BCUT2D eigenvalue weighted by Gasteiger charge is 2.35. The number of nitrogens with one attached hydrogen (secondary N) is 1. The number of carbonyl (C=O) groups is 1. The number of rotatable bonds is 7. The second-order valence-electron chi connectivity index (χ2n) is 7.84. The number of pyridine rings is 1. The topological polar surface area (TPSA) is 88.6 Å². The van der Waals surface area contributed by atoms with Crippen molar-refractivity contribution in [3.63, 3.8) is 0 Å². The Morgan fingerprint density at radius 2 is 2.00 bits per heavy atom. The average Bonchev–Trinajstić information content (AvgIpc) is 2.77. The maximum absolute atomic E-state index is 13.4. The van der Waals surface area contributed by atoms with Gasteiger partial charge < -0.3 is 10.1 Å². The number of hydrogen-bond donors (Lipinski definition) is 1. The molecular weight excluding hydrogens is 402 g/mol. The third-order valence-corrected chi connectivity index (χ3v) is 7.33. The van der Waals surface area contributed by atoms with Gasteiger partial charge in [0.2, 0.25) is 15.9 Å². The molecule has 162 valence electrons. The smallest absolute Gasteiger partial charge is 0.246 e. The van der Waals surface area contributed by atoms with Crippen molar-refractivity contribution in [1.82, 2.24) is 14.6 Å². The van der Waals surface area contributed by atoms with Crippen molar-refractivity contribution in [2.24, 2.45) is 5.92 Å². The summed E-state index contributed by atoms with van der Waals surface area (Å²) in [7, 11) is -2.31. The number of benzene rings is 1. The minimum absolute atomic E-state index is 0.130. The van der Waals surface area contributed by atoms with Crippen LogP contribution in [0.25, 0.3) is 0 Å². The largest absolute Gasteiger partial charge is 0.495 e. The molecule has 0 bridgehead atoms. The number of sulfonamides is 1. The van der Waals surface area contributed by atoms with E-state index in [1.54, 1.807) is 24.5 Å². The summed E-state index contributed by atoms with van der Waals surface area (Å²) in [5.41, 5.74) is 1.88. The number of piperidine rings is 1. The van der Waals surface area contributed by atoms with Gasteiger partial charge in [-0.15, -0.1) is 0 Å². The number of aromatic nitrogens is 1. The van der Waals surface area contributed by atoms with Gasteiger partial charge in [0.1, 0.15) is 10.6 Å². The van der Waals surface area contributed by atoms with E-state index in [9.17, 15) is 13.2 Å². The lowest BCUT2D eigenvalue weighted by Crippen LogP contribution is -2.45. The molecule has 1 fully saturated rings. The number of methoxy groups -OCH3 is 1. The first-order valence-corrected chi connectivity index (χ1v) is 11.6. The Bertz CT molecular complexity index is 977. The summed E-state index contributed by atoms with van der Waals surface area (Å²) in [6.07, 6.45) is 4.65. The Kier molecular flexibility index (Phi) is 7.10. The summed E-state index contributed by atoms with van der Waals surface area (Å²) in [6, 6.07) is 8.95. The van der Waals surface area contributed by atoms with E-state index in [1.165, 1.54) is 11.4 Å². The number of hydrogen-bond acceptors (Lipinski definition) is 5. The van der Waals surface area contributed by atoms with Crippen LogP contribution in [0, 0.1) is 5.92 Å². The molecule has 1 aliphatic rings. The zero-order valence-electron chi connectivity index (χ0n) is 17.7. The van der Waals surface area contributed by atoms with Crippen molar-refractivity contribution in [1.29, 1.82) is 0 Å². The molecule has 0 spiro atoms. The van der Waals surface area contributed by atoms with Crippen LogP contribution in [-0.2, 0) is 21.4 Å². The van der Waals surface area contributed by atoms with Crippen LogP contribution in [0.15, 0.2) is 47.6 Å². The lowest BCUT2D eigenvalue weighted by atomic mass is 9.99. The molecule has 7 nitrogen and oxygen atoms in total. The fourth-order valence-corrected chi connectivity index (χ4v) is 5.32. The summed E-state index contributed by atoms with van der Waals surface area (Å²) in [6.45, 7) is 4.99. The van der Waals surface area contributed by atoms with E-state index in [1.807, 2.05) is 32.0 Å². The van der Waals surface area contributed by atoms with Crippen molar-refractivity contribution >= 4 is 15.9 Å². The Morgan fingerprint density at radius 3 is 2.67 bits per heavy atom. The van der Waals surface area contributed by atoms with Crippen LogP contribution < -0.4 is 10.1 Å². The Labute approximate surface area is 178 Å². The summed E-state index contributed by atoms with van der Waals surface area (Å²) >= 11 is 0. The monoisotopic (exact) mass is 431 g/mol. The molecular formula is C22H29N3O4S. The quantitative estimate of drug-likeness (QED) is 0.728. The zero-order valence-corrected chi connectivity index (χ0v) is 18.5. The third kappa shape index (κ3) is 4.99. The lowest BCUT2D eigenvalue weighted by Gasteiger charge is -2.31. The minimum Gasteiger partial charge on any atom is -0.495 e. The van der Waals surface area contributed by atoms with Gasteiger partial charge in [-0.05, 0) is 54.2 Å². The van der Waals surface area contributed by atoms with E-state index >= 15 is 0 Å². The van der Waals surface area contributed by atoms with Gasteiger partial charge in [0.05, 0.1) is 13.0 Å². The van der Waals surface area contributed by atoms with E-state index in [0.717, 1.165) is 11.1 Å². The molecule has 1 N–H and O–H groups in total. The predicted octanol–water partition coefficient (Wildman–Crippen LogP) is 2.93. The second-order valence-corrected chi connectivity index (χ2v) is 9.75. The van der Waals surface area contributed by atoms with Gasteiger partial charge in [0.15, 0.2) is 0 Å². The summed E-state index contributed by atoms with van der Waals surface area (Å²) in [4.78, 5) is 16.8. The maximum atomic E-state index is 13.4. The number of nitrogens with zero attached hydrogens (tertiary/aromatic N) is 2. The van der Waals surface area contributed by atoms with Gasteiger partial charge in [-0.3, -0.25) is 9.78 Å². The van der Waals surface area contributed by atoms with E-state index in [2.05, 4.69) is 10.3 Å². The molecule has 30 heavy (non-hydrogen) atoms. The highest BCUT2D eigenvalue weighted by Crippen LogP contribution is 2.32. The molecule has 0 unspecified atom stereocenters. The molecule has 0 radical (unpaired) electrons. The second kappa shape index (κ2) is 9.57. The van der Waals surface area contributed by atoms with Crippen molar-refractivity contribution in [2.45, 2.75) is 44.0 Å². The van der Waals surface area contributed by atoms with Crippen LogP contribution in [0.4, 0.5) is 0 Å². The SMILES string of the molecule is COc1ccc(C(C)C)cc1S(=O)(=O)N1CCC[C@H](C(=O)NCc2ccncc2)C1. The van der Waals surface area contributed by atoms with Crippen LogP contribution in [0.1, 0.15) is 43.7 Å². The Morgan fingerprint density at radius 1 is 1.27 bits per heavy atom. The number of carbonyl (C=O) groups excluding carboxylic acids is 1. The molecule has 2 heterocycles. The third-order valence-electron chi connectivity index (χ3n) is 5.44. The average molecular weight is 432 g/mol. The van der Waals surface area contributed by atoms with Crippen LogP contribution in [0.2, 0.25) is 0 Å². The summed E-state index contributed by atoms with van der Waals surface area (Å²) in [5.74, 6) is 0.00540. The normalized spacial score (nSPS) is 17.7. The molecule has 1 aliphatic heterocycles. The fourth-order valence-electron chi connectivity index (χ4n) is 3.60. The lowest BCUT2D eigenvalue weighted by molar-refractivity contribution is -0.126. The van der Waals surface area contributed by atoms with Gasteiger partial charge in [0.25, 0.3) is 0 Å². The van der Waals surface area contributed by atoms with Gasteiger partial charge >= 0.3 is 0 Å². The molecule has 1 amide bonds. The van der Waals surface area contributed by atoms with E-state index in [-0.39, 0.29) is 29.2 Å². The number of amides is 1. The fraction of sp³-hybridized carbons (Fsp3) is 0.455. The molecule has 1 atom stereocenters. The Balaban J connectivity index is 1.75. The molecule has 2 aromatic rings. The van der Waals surface area contributed by atoms with Gasteiger partial charge in [-0.25, -0.2) is 8.42 Å². The van der Waals surface area contributed by atoms with Gasteiger partial charge in [0, 0.05) is 32.0 Å². The van der Waals surface area contributed by atoms with E-state index < -0.39 is 10.0 Å². The Hall–Kier alpha value is -2.45. The zero-order chi connectivity index (χ0) is 21.7. The van der Waals surface area contributed by atoms with Crippen LogP contribution in [0.5, 0.6) is 5.75 Å². The molecule has 1 aromatic heterocycles. The first-order valence-electron chi connectivity index (χ1n) is 10.2. The van der Waals surface area contributed by atoms with Crippen molar-refractivity contribution in [2.75, 3.05) is 20.2 Å². The van der Waals surface area contributed by atoms with Crippen molar-refractivity contribution in [3.8, 4) is 5.75 Å². The van der Waals surface area contributed by atoms with E-state index in [0.29, 0.717) is 31.7 Å². The molecule has 1 aromatic carbocycles. The van der Waals surface area contributed by atoms with Gasteiger partial charge in [-0.1, -0.05) is 19.9 Å². The van der Waals surface area contributed by atoms with Crippen LogP contribution in [-0.4, -0.2) is 43.8 Å². The number of ether oxygens (including phenoxy) is 1. The molecule has 1 saturated heterocycles. The maximum Gasteiger partial charge on any atom is 0.246 e. The molecule has 3 rings (SSSR count). The highest BCUT2D eigenvalue weighted by molar-refractivity contribution is 7.89. The van der Waals surface area contributed by atoms with Crippen molar-refractivity contribution < 1.29 is 17.9 Å². The van der Waals surface area contributed by atoms with E-state index in [4.69, 9.17) is 4.74 Å². The minimum atomic E-state index is -3.77. The summed E-state index contributed by atoms with van der Waals surface area (Å²) in [5, 5.41) is 2.91. The predicted molar refractivity (Wildman–Crippen MR) is 115 cm³/mol. The summed E-state index contributed by atoms with van der Waals surface area (Å²) < 4.78 is 33.5. The van der Waals surface area contributed by atoms with Gasteiger partial charge in [-0.2, -0.15) is 4.31 Å². The first-order chi connectivity index (χ1) is 14.3. The van der Waals surface area contributed by atoms with Crippen molar-refractivity contribution in [3.05, 3.63) is 53.9 Å². The van der Waals surface area contributed by atoms with Crippen LogP contribution in [0.3, 0.4) is 0 Å². The first kappa shape index (κ1) is 22.2. The van der Waals surface area contributed by atoms with Crippen LogP contribution >= 0.6 is 0 Å². The standard InChI is InChI=1S/C22H29N3O4S/c1-16(2)18-6-7-20(29-3)21(13-18)30(27,28)25-12-4-5-19(15-25)22(26)24-14-17-8-10-23-11-9-17/h6-11,13,16,19H,4-5,12,14-15H2,1-3H3,(H,24,26)/t19-/m0/s1. The molecule has 8 heteroatoms. The highest BCUT2D eigenvalue weighted by atomic mass is 32.2. The molecule has 0 saturated carbocycles. The molecule has 0 aliphatic carbocycles.